The average molecular weight is 274 g/mol. The Bertz CT molecular complexity index is 609. The first-order valence-electron chi connectivity index (χ1n) is 6.29. The lowest BCUT2D eigenvalue weighted by Crippen LogP contribution is -2.22. The van der Waals surface area contributed by atoms with Gasteiger partial charge in [-0.25, -0.2) is 0 Å². The summed E-state index contributed by atoms with van der Waals surface area (Å²) in [7, 11) is -1.48. The molecule has 0 aromatic heterocycles. The van der Waals surface area contributed by atoms with Gasteiger partial charge in [-0.3, -0.25) is 4.57 Å². The first-order chi connectivity index (χ1) is 8.99. The Morgan fingerprint density at radius 2 is 1.47 bits per heavy atom. The second-order valence-corrected chi connectivity index (χ2v) is 7.25. The highest BCUT2D eigenvalue weighted by Crippen LogP contribution is 2.45. The van der Waals surface area contributed by atoms with Crippen LogP contribution >= 0.6 is 7.37 Å². The molecule has 0 aliphatic heterocycles. The Morgan fingerprint density at radius 3 is 1.95 bits per heavy atom. The molecule has 0 unspecified atom stereocenters. The van der Waals surface area contributed by atoms with Crippen LogP contribution in [0.4, 0.5) is 0 Å². The lowest BCUT2D eigenvalue weighted by molar-refractivity contribution is 0.412. The number of hydrogen-bond donors (Lipinski definition) is 0. The van der Waals surface area contributed by atoms with Crippen LogP contribution in [-0.2, 0) is 9.09 Å². The van der Waals surface area contributed by atoms with Crippen LogP contribution in [0.1, 0.15) is 16.7 Å². The summed E-state index contributed by atoms with van der Waals surface area (Å²) < 4.78 is 18.8. The van der Waals surface area contributed by atoms with Crippen LogP contribution in [0.5, 0.6) is 0 Å². The summed E-state index contributed by atoms with van der Waals surface area (Å²) in [5, 5.41) is 1.57. The van der Waals surface area contributed by atoms with E-state index in [9.17, 15) is 4.57 Å². The van der Waals surface area contributed by atoms with Gasteiger partial charge < -0.3 is 4.52 Å². The van der Waals surface area contributed by atoms with E-state index in [4.69, 9.17) is 4.52 Å². The van der Waals surface area contributed by atoms with Crippen LogP contribution in [0.25, 0.3) is 0 Å². The van der Waals surface area contributed by atoms with E-state index in [0.29, 0.717) is 0 Å². The molecule has 1 atom stereocenters. The van der Waals surface area contributed by atoms with Crippen molar-refractivity contribution in [3.05, 3.63) is 59.2 Å². The van der Waals surface area contributed by atoms with Gasteiger partial charge in [0.05, 0.1) is 0 Å². The van der Waals surface area contributed by atoms with Crippen molar-refractivity contribution in [1.82, 2.24) is 0 Å². The van der Waals surface area contributed by atoms with E-state index in [-0.39, 0.29) is 0 Å². The van der Waals surface area contributed by atoms with Crippen LogP contribution in [0.2, 0.25) is 0 Å². The summed E-state index contributed by atoms with van der Waals surface area (Å²) in [5.74, 6) is 0. The molecular formula is C16H19O2P. The Labute approximate surface area is 114 Å². The fourth-order valence-electron chi connectivity index (χ4n) is 2.59. The molecule has 0 heterocycles. The summed E-state index contributed by atoms with van der Waals surface area (Å²) >= 11 is 0. The molecule has 2 aromatic carbocycles. The monoisotopic (exact) mass is 274 g/mol. The molecule has 19 heavy (non-hydrogen) atoms. The maximum absolute atomic E-state index is 13.3. The van der Waals surface area contributed by atoms with Gasteiger partial charge in [-0.1, -0.05) is 35.9 Å². The third-order valence-electron chi connectivity index (χ3n) is 3.28. The highest BCUT2D eigenvalue weighted by molar-refractivity contribution is 7.74. The molecule has 2 aromatic rings. The summed E-state index contributed by atoms with van der Waals surface area (Å²) in [6, 6.07) is 13.5. The van der Waals surface area contributed by atoms with Crippen LogP contribution in [-0.4, -0.2) is 7.11 Å². The molecule has 2 nitrogen and oxygen atoms in total. The largest absolute Gasteiger partial charge is 0.325 e. The Kier molecular flexibility index (Phi) is 3.93. The van der Waals surface area contributed by atoms with Crippen LogP contribution in [0, 0.1) is 20.8 Å². The minimum atomic E-state index is -3.00. The fraction of sp³-hybridized carbons (Fsp3) is 0.250. The SMILES string of the molecule is CO[P@@](=O)(c1ccccc1)c1c(C)cc(C)cc1C. The van der Waals surface area contributed by atoms with Crippen LogP contribution < -0.4 is 10.6 Å². The number of aryl methyl sites for hydroxylation is 3. The van der Waals surface area contributed by atoms with Crippen molar-refractivity contribution in [1.29, 1.82) is 0 Å². The zero-order valence-electron chi connectivity index (χ0n) is 11.8. The molecule has 0 radical (unpaired) electrons. The topological polar surface area (TPSA) is 26.3 Å². The fourth-order valence-corrected chi connectivity index (χ4v) is 4.86. The standard InChI is InChI=1S/C16H19O2P/c1-12-10-13(2)16(14(3)11-12)19(17,18-4)15-8-6-5-7-9-15/h5-11H,1-4H3/t19-/m0/s1. The van der Waals surface area contributed by atoms with Gasteiger partial charge in [-0.15, -0.1) is 0 Å². The summed E-state index contributed by atoms with van der Waals surface area (Å²) in [5.41, 5.74) is 3.22. The normalized spacial score (nSPS) is 14.1. The minimum Gasteiger partial charge on any atom is -0.325 e. The van der Waals surface area contributed by atoms with Gasteiger partial charge in [0.25, 0.3) is 7.37 Å². The first-order valence-corrected chi connectivity index (χ1v) is 7.91. The van der Waals surface area contributed by atoms with Crippen molar-refractivity contribution in [2.45, 2.75) is 20.8 Å². The second-order valence-electron chi connectivity index (χ2n) is 4.82. The molecule has 0 N–H and O–H groups in total. The van der Waals surface area contributed by atoms with Gasteiger partial charge in [-0.2, -0.15) is 0 Å². The first kappa shape index (κ1) is 14.0. The minimum absolute atomic E-state index is 0.743. The summed E-state index contributed by atoms with van der Waals surface area (Å²) in [6.07, 6.45) is 0. The van der Waals surface area contributed by atoms with Gasteiger partial charge >= 0.3 is 0 Å². The molecule has 3 heteroatoms. The highest BCUT2D eigenvalue weighted by Gasteiger charge is 2.30. The lowest BCUT2D eigenvalue weighted by atomic mass is 10.1. The van der Waals surface area contributed by atoms with Gasteiger partial charge in [0.1, 0.15) is 0 Å². The molecule has 0 bridgehead atoms. The molecule has 2 rings (SSSR count). The van der Waals surface area contributed by atoms with E-state index >= 15 is 0 Å². The summed E-state index contributed by atoms with van der Waals surface area (Å²) in [6.45, 7) is 6.03. The predicted molar refractivity (Wildman–Crippen MR) is 81.0 cm³/mol. The third-order valence-corrected chi connectivity index (χ3v) is 6.07. The van der Waals surface area contributed by atoms with E-state index in [1.807, 2.05) is 51.1 Å². The zero-order valence-corrected chi connectivity index (χ0v) is 12.7. The number of benzene rings is 2. The highest BCUT2D eigenvalue weighted by atomic mass is 31.2. The van der Waals surface area contributed by atoms with Gasteiger partial charge in [-0.05, 0) is 44.0 Å². The van der Waals surface area contributed by atoms with E-state index in [2.05, 4.69) is 12.1 Å². The van der Waals surface area contributed by atoms with Crippen LogP contribution in [0.15, 0.2) is 42.5 Å². The third kappa shape index (κ3) is 2.51. The van der Waals surface area contributed by atoms with Crippen molar-refractivity contribution in [3.8, 4) is 0 Å². The smallest absolute Gasteiger partial charge is 0.261 e. The van der Waals surface area contributed by atoms with Crippen molar-refractivity contribution in [2.75, 3.05) is 7.11 Å². The Morgan fingerprint density at radius 1 is 0.947 bits per heavy atom. The van der Waals surface area contributed by atoms with Gasteiger partial charge in [0, 0.05) is 17.7 Å². The molecule has 0 spiro atoms. The van der Waals surface area contributed by atoms with Gasteiger partial charge in [0.15, 0.2) is 0 Å². The van der Waals surface area contributed by atoms with Crippen molar-refractivity contribution >= 4 is 18.0 Å². The van der Waals surface area contributed by atoms with Crippen LogP contribution in [0.3, 0.4) is 0 Å². The number of rotatable bonds is 3. The van der Waals surface area contributed by atoms with Crippen molar-refractivity contribution in [2.24, 2.45) is 0 Å². The average Bonchev–Trinajstić information content (AvgIpc) is 2.38. The van der Waals surface area contributed by atoms with E-state index in [0.717, 1.165) is 21.7 Å². The quantitative estimate of drug-likeness (QED) is 0.801. The Balaban J connectivity index is 2.71. The van der Waals surface area contributed by atoms with E-state index in [1.54, 1.807) is 0 Å². The number of hydrogen-bond acceptors (Lipinski definition) is 2. The molecule has 0 amide bonds. The molecule has 0 fully saturated rings. The zero-order chi connectivity index (χ0) is 14.0. The molecule has 100 valence electrons. The molecule has 0 aliphatic carbocycles. The summed E-state index contributed by atoms with van der Waals surface area (Å²) in [4.78, 5) is 0. The molecule has 0 saturated carbocycles. The molecular weight excluding hydrogens is 255 g/mol. The van der Waals surface area contributed by atoms with E-state index < -0.39 is 7.37 Å². The van der Waals surface area contributed by atoms with Crippen molar-refractivity contribution in [3.63, 3.8) is 0 Å². The molecule has 0 aliphatic rings. The second kappa shape index (κ2) is 5.32. The molecule has 0 saturated heterocycles. The Hall–Kier alpha value is -1.37. The maximum atomic E-state index is 13.3. The van der Waals surface area contributed by atoms with Crippen molar-refractivity contribution < 1.29 is 9.09 Å². The predicted octanol–water partition coefficient (Wildman–Crippen LogP) is 3.49. The van der Waals surface area contributed by atoms with E-state index in [1.165, 1.54) is 12.7 Å². The maximum Gasteiger partial charge on any atom is 0.261 e. The van der Waals surface area contributed by atoms with Gasteiger partial charge in [0.2, 0.25) is 0 Å². The lowest BCUT2D eigenvalue weighted by Gasteiger charge is -2.21.